The van der Waals surface area contributed by atoms with Gasteiger partial charge in [-0.3, -0.25) is 0 Å². The van der Waals surface area contributed by atoms with Crippen molar-refractivity contribution in [3.63, 3.8) is 0 Å². The van der Waals surface area contributed by atoms with E-state index >= 15 is 0 Å². The van der Waals surface area contributed by atoms with Crippen molar-refractivity contribution < 1.29 is 4.42 Å². The van der Waals surface area contributed by atoms with Crippen LogP contribution in [0, 0.1) is 0 Å². The Hall–Kier alpha value is -6.65. The van der Waals surface area contributed by atoms with E-state index in [1.165, 1.54) is 0 Å². The molecule has 0 bridgehead atoms. The molecule has 230 valence electrons. The number of aromatic nitrogens is 3. The zero-order valence-electron chi connectivity index (χ0n) is 26.5. The molecule has 9 aromatic rings. The minimum Gasteiger partial charge on any atom is -0.455 e. The maximum absolute atomic E-state index is 6.68. The highest BCUT2D eigenvalue weighted by Crippen LogP contribution is 2.40. The van der Waals surface area contributed by atoms with Crippen LogP contribution in [0.25, 0.3) is 89.5 Å². The number of fused-ring (bicyclic) bond motifs is 3. The van der Waals surface area contributed by atoms with E-state index in [4.69, 9.17) is 19.4 Å². The second-order valence-corrected chi connectivity index (χ2v) is 12.0. The number of para-hydroxylation sites is 2. The minimum atomic E-state index is 0.620. The first kappa shape index (κ1) is 28.6. The van der Waals surface area contributed by atoms with Crippen molar-refractivity contribution in [2.75, 3.05) is 0 Å². The van der Waals surface area contributed by atoms with Crippen LogP contribution in [0.2, 0.25) is 0 Å². The average Bonchev–Trinajstić information content (AvgIpc) is 3.58. The monoisotopic (exact) mass is 627 g/mol. The summed E-state index contributed by atoms with van der Waals surface area (Å²) in [6.07, 6.45) is 0. The highest BCUT2D eigenvalue weighted by molar-refractivity contribution is 6.13. The molecule has 0 aliphatic heterocycles. The van der Waals surface area contributed by atoms with Crippen molar-refractivity contribution in [1.82, 2.24) is 15.0 Å². The third-order valence-electron chi connectivity index (χ3n) is 8.96. The van der Waals surface area contributed by atoms with Gasteiger partial charge in [0.25, 0.3) is 0 Å². The number of benzene rings is 7. The largest absolute Gasteiger partial charge is 0.455 e. The molecule has 0 amide bonds. The summed E-state index contributed by atoms with van der Waals surface area (Å²) in [5, 5.41) is 2.21. The third kappa shape index (κ3) is 5.35. The predicted octanol–water partition coefficient (Wildman–Crippen LogP) is 11.8. The Kier molecular flexibility index (Phi) is 7.10. The average molecular weight is 628 g/mol. The van der Waals surface area contributed by atoms with Gasteiger partial charge in [-0.25, -0.2) is 15.0 Å². The van der Waals surface area contributed by atoms with Crippen molar-refractivity contribution in [3.05, 3.63) is 176 Å². The standard InChI is InChI=1S/C45H29N3O/c1-4-13-30(14-5-1)35-19-10-20-36(29-35)45-47-43(33-17-8-3-9-18-33)46-44(48-45)34-27-25-32(26-28-34)38-22-12-24-40-39-23-11-21-37(41(39)49-42(38)40)31-15-6-2-7-16-31/h1-29H. The van der Waals surface area contributed by atoms with Gasteiger partial charge in [0.1, 0.15) is 11.2 Å². The van der Waals surface area contributed by atoms with Gasteiger partial charge >= 0.3 is 0 Å². The lowest BCUT2D eigenvalue weighted by atomic mass is 9.99. The number of furan rings is 1. The molecule has 9 rings (SSSR count). The quantitative estimate of drug-likeness (QED) is 0.184. The van der Waals surface area contributed by atoms with E-state index in [2.05, 4.69) is 133 Å². The smallest absolute Gasteiger partial charge is 0.164 e. The lowest BCUT2D eigenvalue weighted by Crippen LogP contribution is -2.00. The maximum Gasteiger partial charge on any atom is 0.164 e. The van der Waals surface area contributed by atoms with Gasteiger partial charge in [0.2, 0.25) is 0 Å². The molecular weight excluding hydrogens is 599 g/mol. The normalized spacial score (nSPS) is 11.3. The lowest BCUT2D eigenvalue weighted by molar-refractivity contribution is 0.671. The minimum absolute atomic E-state index is 0.620. The van der Waals surface area contributed by atoms with Gasteiger partial charge in [-0.1, -0.05) is 170 Å². The molecule has 0 spiro atoms. The number of rotatable bonds is 6. The molecule has 0 fully saturated rings. The molecular formula is C45H29N3O. The van der Waals surface area contributed by atoms with E-state index in [1.54, 1.807) is 0 Å². The fourth-order valence-corrected chi connectivity index (χ4v) is 6.51. The Morgan fingerprint density at radius 1 is 0.286 bits per heavy atom. The highest BCUT2D eigenvalue weighted by atomic mass is 16.3. The van der Waals surface area contributed by atoms with E-state index in [1.807, 2.05) is 42.5 Å². The first-order valence-electron chi connectivity index (χ1n) is 16.4. The summed E-state index contributed by atoms with van der Waals surface area (Å²) >= 11 is 0. The van der Waals surface area contributed by atoms with E-state index in [0.717, 1.165) is 72.0 Å². The van der Waals surface area contributed by atoms with Gasteiger partial charge in [0, 0.05) is 38.6 Å². The van der Waals surface area contributed by atoms with Gasteiger partial charge in [-0.05, 0) is 28.3 Å². The molecule has 4 nitrogen and oxygen atoms in total. The van der Waals surface area contributed by atoms with Gasteiger partial charge < -0.3 is 4.42 Å². The fraction of sp³-hybridized carbons (Fsp3) is 0. The van der Waals surface area contributed by atoms with E-state index in [9.17, 15) is 0 Å². The Bertz CT molecular complexity index is 2580. The Balaban J connectivity index is 1.13. The van der Waals surface area contributed by atoms with E-state index < -0.39 is 0 Å². The Labute approximate surface area is 284 Å². The summed E-state index contributed by atoms with van der Waals surface area (Å²) in [7, 11) is 0. The Morgan fingerprint density at radius 3 is 1.24 bits per heavy atom. The molecule has 2 aromatic heterocycles. The molecule has 0 N–H and O–H groups in total. The molecule has 0 aliphatic carbocycles. The number of hydrogen-bond donors (Lipinski definition) is 0. The fourth-order valence-electron chi connectivity index (χ4n) is 6.51. The molecule has 0 radical (unpaired) electrons. The van der Waals surface area contributed by atoms with Crippen molar-refractivity contribution in [2.24, 2.45) is 0 Å². The van der Waals surface area contributed by atoms with Crippen LogP contribution in [0.4, 0.5) is 0 Å². The van der Waals surface area contributed by atoms with Crippen LogP contribution in [-0.4, -0.2) is 15.0 Å². The van der Waals surface area contributed by atoms with Crippen LogP contribution < -0.4 is 0 Å². The maximum atomic E-state index is 6.68. The molecule has 0 saturated carbocycles. The molecule has 49 heavy (non-hydrogen) atoms. The van der Waals surface area contributed by atoms with Gasteiger partial charge in [-0.2, -0.15) is 0 Å². The molecule has 7 aromatic carbocycles. The molecule has 2 heterocycles. The summed E-state index contributed by atoms with van der Waals surface area (Å²) in [5.74, 6) is 1.89. The molecule has 0 saturated heterocycles. The molecule has 4 heteroatoms. The summed E-state index contributed by atoms with van der Waals surface area (Å²) in [6, 6.07) is 60.3. The first-order valence-corrected chi connectivity index (χ1v) is 16.4. The Morgan fingerprint density at radius 2 is 0.673 bits per heavy atom. The molecule has 0 atom stereocenters. The predicted molar refractivity (Wildman–Crippen MR) is 200 cm³/mol. The van der Waals surface area contributed by atoms with Gasteiger partial charge in [0.05, 0.1) is 0 Å². The lowest BCUT2D eigenvalue weighted by Gasteiger charge is -2.10. The van der Waals surface area contributed by atoms with Crippen LogP contribution in [0.5, 0.6) is 0 Å². The second-order valence-electron chi connectivity index (χ2n) is 12.0. The second kappa shape index (κ2) is 12.2. The molecule has 0 unspecified atom stereocenters. The van der Waals surface area contributed by atoms with Gasteiger partial charge in [0.15, 0.2) is 17.5 Å². The van der Waals surface area contributed by atoms with Crippen molar-refractivity contribution in [1.29, 1.82) is 0 Å². The number of nitrogens with zero attached hydrogens (tertiary/aromatic N) is 3. The van der Waals surface area contributed by atoms with Crippen LogP contribution in [-0.2, 0) is 0 Å². The van der Waals surface area contributed by atoms with Gasteiger partial charge in [-0.15, -0.1) is 0 Å². The van der Waals surface area contributed by atoms with Crippen LogP contribution in [0.1, 0.15) is 0 Å². The molecule has 0 aliphatic rings. The van der Waals surface area contributed by atoms with Crippen LogP contribution in [0.3, 0.4) is 0 Å². The number of hydrogen-bond acceptors (Lipinski definition) is 4. The van der Waals surface area contributed by atoms with E-state index in [-0.39, 0.29) is 0 Å². The van der Waals surface area contributed by atoms with Crippen molar-refractivity contribution >= 4 is 21.9 Å². The third-order valence-corrected chi connectivity index (χ3v) is 8.96. The van der Waals surface area contributed by atoms with Crippen LogP contribution in [0.15, 0.2) is 180 Å². The summed E-state index contributed by atoms with van der Waals surface area (Å²) in [6.45, 7) is 0. The van der Waals surface area contributed by atoms with E-state index in [0.29, 0.717) is 17.5 Å². The topological polar surface area (TPSA) is 51.8 Å². The van der Waals surface area contributed by atoms with Crippen LogP contribution >= 0.6 is 0 Å². The summed E-state index contributed by atoms with van der Waals surface area (Å²) < 4.78 is 6.68. The summed E-state index contributed by atoms with van der Waals surface area (Å²) in [4.78, 5) is 14.9. The first-order chi connectivity index (χ1) is 24.3. The van der Waals surface area contributed by atoms with Crippen molar-refractivity contribution in [3.8, 4) is 67.5 Å². The SMILES string of the molecule is c1ccc(-c2cccc(-c3nc(-c4ccccc4)nc(-c4ccc(-c5cccc6c5oc5c(-c7ccccc7)cccc56)cc4)n3)c2)cc1. The zero-order valence-corrected chi connectivity index (χ0v) is 26.5. The zero-order chi connectivity index (χ0) is 32.6. The highest BCUT2D eigenvalue weighted by Gasteiger charge is 2.17. The van der Waals surface area contributed by atoms with Crippen molar-refractivity contribution in [2.45, 2.75) is 0 Å². The summed E-state index contributed by atoms with van der Waals surface area (Å²) in [5.41, 5.74) is 11.1.